The lowest BCUT2D eigenvalue weighted by molar-refractivity contribution is -0.137. The smallest absolute Gasteiger partial charge is 0.389 e. The van der Waals surface area contributed by atoms with Gasteiger partial charge in [0.1, 0.15) is 5.25 Å². The van der Waals surface area contributed by atoms with E-state index in [1.54, 1.807) is 0 Å². The molecule has 0 amide bonds. The summed E-state index contributed by atoms with van der Waals surface area (Å²) in [5.41, 5.74) is 0. The molecule has 1 atom stereocenters. The van der Waals surface area contributed by atoms with Crippen LogP contribution in [0.25, 0.3) is 0 Å². The number of hydrogen-bond acceptors (Lipinski definition) is 2. The topological polar surface area (TPSA) is 37.3 Å². The molecule has 0 aromatic rings. The summed E-state index contributed by atoms with van der Waals surface area (Å²) in [5.74, 6) is -0.0814. The largest absolute Gasteiger partial charge is 0.480 e. The van der Waals surface area contributed by atoms with Gasteiger partial charge >= 0.3 is 12.1 Å². The van der Waals surface area contributed by atoms with Crippen LogP contribution in [-0.2, 0) is 4.79 Å². The molecular formula is C12H21F3O2S. The van der Waals surface area contributed by atoms with Crippen molar-refractivity contribution in [1.82, 2.24) is 0 Å². The van der Waals surface area contributed by atoms with Gasteiger partial charge < -0.3 is 5.11 Å². The standard InChI is InChI=1S/C12H21F3O2S/c1-2-7-10(11(16)17)18-9-6-4-3-5-8-12(13,14)15/h10H,2-9H2,1H3,(H,16,17). The Hall–Kier alpha value is -0.390. The molecule has 0 saturated heterocycles. The van der Waals surface area contributed by atoms with E-state index in [0.29, 0.717) is 18.6 Å². The number of halogens is 3. The zero-order valence-corrected chi connectivity index (χ0v) is 11.4. The van der Waals surface area contributed by atoms with Gasteiger partial charge in [-0.25, -0.2) is 0 Å². The van der Waals surface area contributed by atoms with E-state index in [4.69, 9.17) is 5.11 Å². The van der Waals surface area contributed by atoms with Crippen LogP contribution in [0.5, 0.6) is 0 Å². The summed E-state index contributed by atoms with van der Waals surface area (Å²) in [7, 11) is 0. The number of unbranched alkanes of at least 4 members (excludes halogenated alkanes) is 3. The molecule has 108 valence electrons. The molecule has 0 aliphatic rings. The maximum Gasteiger partial charge on any atom is 0.389 e. The highest BCUT2D eigenvalue weighted by Crippen LogP contribution is 2.23. The van der Waals surface area contributed by atoms with Crippen LogP contribution in [0.1, 0.15) is 51.9 Å². The lowest BCUT2D eigenvalue weighted by Gasteiger charge is -2.10. The Balaban J connectivity index is 3.46. The number of carboxylic acid groups (broad SMARTS) is 1. The Morgan fingerprint density at radius 1 is 1.22 bits per heavy atom. The summed E-state index contributed by atoms with van der Waals surface area (Å²) in [5, 5.41) is 8.52. The highest BCUT2D eigenvalue weighted by Gasteiger charge is 2.25. The van der Waals surface area contributed by atoms with Crippen molar-refractivity contribution in [3.05, 3.63) is 0 Å². The predicted octanol–water partition coefficient (Wildman–Crippen LogP) is 4.49. The van der Waals surface area contributed by atoms with Crippen LogP contribution in [0.4, 0.5) is 13.2 Å². The van der Waals surface area contributed by atoms with E-state index < -0.39 is 18.6 Å². The van der Waals surface area contributed by atoms with Crippen molar-refractivity contribution in [2.45, 2.75) is 63.3 Å². The lowest BCUT2D eigenvalue weighted by atomic mass is 10.1. The summed E-state index contributed by atoms with van der Waals surface area (Å²) in [4.78, 5) is 10.8. The summed E-state index contributed by atoms with van der Waals surface area (Å²) in [6, 6.07) is 0. The fourth-order valence-electron chi connectivity index (χ4n) is 1.55. The van der Waals surface area contributed by atoms with Crippen molar-refractivity contribution in [3.8, 4) is 0 Å². The van der Waals surface area contributed by atoms with E-state index >= 15 is 0 Å². The average Bonchev–Trinajstić information content (AvgIpc) is 2.24. The molecule has 0 fully saturated rings. The molecule has 0 heterocycles. The maximum atomic E-state index is 11.8. The SMILES string of the molecule is CCCC(SCCCCCCC(F)(F)F)C(=O)O. The number of rotatable bonds is 10. The minimum absolute atomic E-state index is 0.172. The van der Waals surface area contributed by atoms with Crippen molar-refractivity contribution in [2.24, 2.45) is 0 Å². The second-order valence-corrected chi connectivity index (χ2v) is 5.58. The van der Waals surface area contributed by atoms with Gasteiger partial charge in [-0.3, -0.25) is 4.79 Å². The molecule has 0 spiro atoms. The first-order chi connectivity index (χ1) is 8.37. The molecule has 1 N–H and O–H groups in total. The first kappa shape index (κ1) is 17.6. The number of carbonyl (C=O) groups is 1. The molecular weight excluding hydrogens is 265 g/mol. The zero-order valence-electron chi connectivity index (χ0n) is 10.6. The molecule has 0 aromatic carbocycles. The monoisotopic (exact) mass is 286 g/mol. The third-order valence-corrected chi connectivity index (χ3v) is 3.86. The second-order valence-electron chi connectivity index (χ2n) is 4.27. The molecule has 6 heteroatoms. The van der Waals surface area contributed by atoms with Crippen LogP contribution in [0.3, 0.4) is 0 Å². The van der Waals surface area contributed by atoms with Crippen LogP contribution >= 0.6 is 11.8 Å². The Morgan fingerprint density at radius 2 is 1.83 bits per heavy atom. The number of hydrogen-bond donors (Lipinski definition) is 1. The Bertz CT molecular complexity index is 232. The van der Waals surface area contributed by atoms with Gasteiger partial charge in [-0.15, -0.1) is 11.8 Å². The van der Waals surface area contributed by atoms with Gasteiger partial charge in [0.15, 0.2) is 0 Å². The van der Waals surface area contributed by atoms with Crippen molar-refractivity contribution in [2.75, 3.05) is 5.75 Å². The number of aliphatic carboxylic acids is 1. The molecule has 0 saturated carbocycles. The molecule has 0 aromatic heterocycles. The molecule has 18 heavy (non-hydrogen) atoms. The molecule has 0 radical (unpaired) electrons. The summed E-state index contributed by atoms with van der Waals surface area (Å²) < 4.78 is 35.5. The second kappa shape index (κ2) is 9.53. The van der Waals surface area contributed by atoms with Gasteiger partial charge in [0.05, 0.1) is 0 Å². The van der Waals surface area contributed by atoms with Crippen LogP contribution < -0.4 is 0 Å². The van der Waals surface area contributed by atoms with E-state index in [-0.39, 0.29) is 11.7 Å². The molecule has 0 bridgehead atoms. The minimum atomic E-state index is -4.05. The van der Waals surface area contributed by atoms with Crippen molar-refractivity contribution < 1.29 is 23.1 Å². The summed E-state index contributed by atoms with van der Waals surface area (Å²) in [6.07, 6.45) is -1.03. The van der Waals surface area contributed by atoms with Crippen LogP contribution in [0, 0.1) is 0 Å². The normalized spacial score (nSPS) is 13.6. The molecule has 0 rings (SSSR count). The van der Waals surface area contributed by atoms with Crippen molar-refractivity contribution >= 4 is 17.7 Å². The van der Waals surface area contributed by atoms with E-state index in [1.165, 1.54) is 11.8 Å². The van der Waals surface area contributed by atoms with Crippen LogP contribution in [0.2, 0.25) is 0 Å². The van der Waals surface area contributed by atoms with Crippen LogP contribution in [-0.4, -0.2) is 28.3 Å². The fourth-order valence-corrected chi connectivity index (χ4v) is 2.75. The number of carboxylic acids is 1. The molecule has 1 unspecified atom stereocenters. The first-order valence-electron chi connectivity index (χ1n) is 6.28. The van der Waals surface area contributed by atoms with Crippen LogP contribution in [0.15, 0.2) is 0 Å². The number of alkyl halides is 3. The minimum Gasteiger partial charge on any atom is -0.480 e. The predicted molar refractivity (Wildman–Crippen MR) is 67.9 cm³/mol. The highest BCUT2D eigenvalue weighted by atomic mass is 32.2. The summed E-state index contributed by atoms with van der Waals surface area (Å²) >= 11 is 1.40. The van der Waals surface area contributed by atoms with E-state index in [1.807, 2.05) is 6.92 Å². The third kappa shape index (κ3) is 10.7. The van der Waals surface area contributed by atoms with E-state index in [0.717, 1.165) is 19.3 Å². The van der Waals surface area contributed by atoms with Gasteiger partial charge in [-0.1, -0.05) is 26.2 Å². The van der Waals surface area contributed by atoms with E-state index in [2.05, 4.69) is 0 Å². The number of thioether (sulfide) groups is 1. The third-order valence-electron chi connectivity index (χ3n) is 2.50. The highest BCUT2D eigenvalue weighted by molar-refractivity contribution is 8.00. The Labute approximate surface area is 110 Å². The molecule has 0 aliphatic heterocycles. The fraction of sp³-hybridized carbons (Fsp3) is 0.917. The first-order valence-corrected chi connectivity index (χ1v) is 7.33. The van der Waals surface area contributed by atoms with Gasteiger partial charge in [-0.2, -0.15) is 13.2 Å². The maximum absolute atomic E-state index is 11.8. The Morgan fingerprint density at radius 3 is 2.33 bits per heavy atom. The Kier molecular flexibility index (Phi) is 9.32. The molecule has 2 nitrogen and oxygen atoms in total. The zero-order chi connectivity index (χ0) is 14.0. The van der Waals surface area contributed by atoms with Crippen molar-refractivity contribution in [1.29, 1.82) is 0 Å². The van der Waals surface area contributed by atoms with Crippen molar-refractivity contribution in [3.63, 3.8) is 0 Å². The average molecular weight is 286 g/mol. The van der Waals surface area contributed by atoms with E-state index in [9.17, 15) is 18.0 Å². The summed E-state index contributed by atoms with van der Waals surface area (Å²) in [6.45, 7) is 1.94. The van der Waals surface area contributed by atoms with Gasteiger partial charge in [0, 0.05) is 6.42 Å². The molecule has 0 aliphatic carbocycles. The van der Waals surface area contributed by atoms with Gasteiger partial charge in [0.2, 0.25) is 0 Å². The van der Waals surface area contributed by atoms with Gasteiger partial charge in [0.25, 0.3) is 0 Å². The quantitative estimate of drug-likeness (QED) is 0.601. The lowest BCUT2D eigenvalue weighted by Crippen LogP contribution is -2.16. The van der Waals surface area contributed by atoms with Gasteiger partial charge in [-0.05, 0) is 25.0 Å².